The first-order valence-corrected chi connectivity index (χ1v) is 26.0. The highest BCUT2D eigenvalue weighted by atomic mass is 16.5. The number of nitrogens with two attached hydrogens (primary N) is 1. The van der Waals surface area contributed by atoms with Crippen molar-refractivity contribution in [2.24, 2.45) is 11.7 Å². The highest BCUT2D eigenvalue weighted by Crippen LogP contribution is 2.26. The number of nitrogens with one attached hydrogen (secondary N) is 6. The predicted molar refractivity (Wildman–Crippen MR) is 275 cm³/mol. The van der Waals surface area contributed by atoms with E-state index in [0.29, 0.717) is 24.0 Å². The summed E-state index contributed by atoms with van der Waals surface area (Å²) in [4.78, 5) is 129. The Morgan fingerprint density at radius 1 is 0.813 bits per heavy atom. The van der Waals surface area contributed by atoms with Crippen LogP contribution in [-0.4, -0.2) is 146 Å². The number of aliphatic hydroxyl groups is 1. The third-order valence-electron chi connectivity index (χ3n) is 13.5. The molecule has 22 nitrogen and oxygen atoms in total. The molecule has 75 heavy (non-hydrogen) atoms. The molecule has 2 aliphatic heterocycles. The first-order chi connectivity index (χ1) is 35.6. The number of amidine groups is 1. The fourth-order valence-corrected chi connectivity index (χ4v) is 9.13. The molecule has 9 atom stereocenters. The van der Waals surface area contributed by atoms with E-state index >= 15 is 4.79 Å². The van der Waals surface area contributed by atoms with Gasteiger partial charge in [0.2, 0.25) is 41.4 Å². The summed E-state index contributed by atoms with van der Waals surface area (Å²) in [5, 5.41) is 51.9. The number of phenols is 1. The molecule has 0 saturated carbocycles. The number of phenolic OH excluding ortho intramolecular Hbond substituents is 1. The summed E-state index contributed by atoms with van der Waals surface area (Å²) in [6.45, 7) is 6.50. The van der Waals surface area contributed by atoms with Gasteiger partial charge in [-0.2, -0.15) is 0 Å². The molecule has 2 aliphatic rings. The molecule has 2 aromatic rings. The van der Waals surface area contributed by atoms with E-state index in [1.165, 1.54) is 26.1 Å². The number of hydrogen-bond acceptors (Lipinski definition) is 13. The number of cyclic esters (lactones) is 1. The minimum atomic E-state index is -1.87. The number of ether oxygens (including phenoxy) is 1. The number of fused-ring (bicyclic) bond motifs is 2. The summed E-state index contributed by atoms with van der Waals surface area (Å²) in [7, 11) is 1.36. The molecular formula is C53H77N9O13. The van der Waals surface area contributed by atoms with Crippen molar-refractivity contribution in [1.29, 1.82) is 5.41 Å². The lowest BCUT2D eigenvalue weighted by molar-refractivity contribution is -0.165. The lowest BCUT2D eigenvalue weighted by Gasteiger charge is -2.43. The van der Waals surface area contributed by atoms with Crippen molar-refractivity contribution < 1.29 is 63.2 Å². The molecule has 0 unspecified atom stereocenters. The quantitative estimate of drug-likeness (QED) is 0.0350. The maximum absolute atomic E-state index is 15.1. The number of hydrogen-bond donors (Lipinski definition) is 10. The number of carbonyl (C=O) groups excluding carboxylic acids is 8. The number of likely N-dealkylation sites (N-methyl/N-ethyl adjacent to an activating group) is 1. The van der Waals surface area contributed by atoms with E-state index in [0.717, 1.165) is 35.5 Å². The molecule has 2 fully saturated rings. The van der Waals surface area contributed by atoms with Crippen LogP contribution < -0.4 is 32.3 Å². The van der Waals surface area contributed by atoms with Gasteiger partial charge in [0, 0.05) is 26.3 Å². The molecule has 2 saturated heterocycles. The molecule has 412 valence electrons. The van der Waals surface area contributed by atoms with Crippen LogP contribution in [0.3, 0.4) is 0 Å². The molecule has 7 amide bonds. The molecule has 0 spiro atoms. The van der Waals surface area contributed by atoms with Crippen LogP contribution in [0.25, 0.3) is 0 Å². The maximum Gasteiger partial charge on any atom is 0.329 e. The van der Waals surface area contributed by atoms with E-state index in [1.807, 2.05) is 6.92 Å². The molecular weight excluding hydrogens is 971 g/mol. The minimum absolute atomic E-state index is 0.000963. The fraction of sp³-hybridized carbons (Fsp3) is 0.585. The standard InChI is InChI=1S/C53H77N9O13/c1-6-7-8-9-13-20-42(64)56-38(30-44(66)67)48(69)60-46-32(4)75-53(74)45(31(2)3)59-49(70)39(27-23-33-21-24-35(63)25-22-33)61(5)52(73)40(29-34-16-11-10-12-17-34)62-43(65)28-26-37(51(62)72)58-47(68)36(57-50(46)71)18-14-15-19-41(54)55/h10-12,16-17,21-22,24-25,31-32,36-40,43,45-46,63,65H,6-9,13-15,18-20,23,26-30H2,1-5H3,(H3,54,55)(H,56,64)(H,57,71)(H,58,68)(H,59,70)(H,60,69)(H,66,67)/t32-,36+,37+,38+,39+,40+,43-,45-,46-/m0/s1. The topological polar surface area (TPSA) is 340 Å². The van der Waals surface area contributed by atoms with E-state index in [9.17, 15) is 53.7 Å². The van der Waals surface area contributed by atoms with Crippen LogP contribution in [0.4, 0.5) is 0 Å². The van der Waals surface area contributed by atoms with Crippen molar-refractivity contribution >= 4 is 59.1 Å². The van der Waals surface area contributed by atoms with Gasteiger partial charge in [0.15, 0.2) is 0 Å². The summed E-state index contributed by atoms with van der Waals surface area (Å²) >= 11 is 0. The molecule has 2 bridgehead atoms. The van der Waals surface area contributed by atoms with E-state index in [4.69, 9.17) is 15.9 Å². The Morgan fingerprint density at radius 2 is 1.48 bits per heavy atom. The number of aliphatic hydroxyl groups excluding tert-OH is 1. The zero-order chi connectivity index (χ0) is 55.4. The molecule has 0 aromatic heterocycles. The van der Waals surface area contributed by atoms with Crippen molar-refractivity contribution in [2.75, 3.05) is 7.05 Å². The van der Waals surface area contributed by atoms with E-state index in [-0.39, 0.29) is 69.4 Å². The van der Waals surface area contributed by atoms with Crippen LogP contribution in [-0.2, 0) is 60.7 Å². The van der Waals surface area contributed by atoms with Crippen LogP contribution in [0.1, 0.15) is 129 Å². The monoisotopic (exact) mass is 1050 g/mol. The van der Waals surface area contributed by atoms with Gasteiger partial charge in [0.25, 0.3) is 0 Å². The number of benzene rings is 2. The van der Waals surface area contributed by atoms with Crippen molar-refractivity contribution in [1.82, 2.24) is 36.4 Å². The van der Waals surface area contributed by atoms with Crippen LogP contribution in [0.5, 0.6) is 5.75 Å². The summed E-state index contributed by atoms with van der Waals surface area (Å²) < 4.78 is 5.87. The van der Waals surface area contributed by atoms with Gasteiger partial charge in [-0.15, -0.1) is 0 Å². The fourth-order valence-electron chi connectivity index (χ4n) is 9.13. The van der Waals surface area contributed by atoms with Crippen LogP contribution >= 0.6 is 0 Å². The first kappa shape index (κ1) is 60.5. The Bertz CT molecular complexity index is 2300. The van der Waals surface area contributed by atoms with Gasteiger partial charge in [-0.1, -0.05) is 95.3 Å². The van der Waals surface area contributed by atoms with Gasteiger partial charge in [-0.3, -0.25) is 43.8 Å². The lowest BCUT2D eigenvalue weighted by Crippen LogP contribution is -2.65. The Balaban J connectivity index is 1.84. The highest BCUT2D eigenvalue weighted by molar-refractivity contribution is 5.99. The molecule has 11 N–H and O–H groups in total. The van der Waals surface area contributed by atoms with Crippen molar-refractivity contribution in [2.45, 2.75) is 185 Å². The number of amides is 7. The molecule has 22 heteroatoms. The largest absolute Gasteiger partial charge is 0.508 e. The Hall–Kier alpha value is -7.10. The number of esters is 1. The smallest absolute Gasteiger partial charge is 0.329 e. The van der Waals surface area contributed by atoms with Crippen LogP contribution in [0, 0.1) is 11.3 Å². The molecule has 2 heterocycles. The van der Waals surface area contributed by atoms with Crippen LogP contribution in [0.2, 0.25) is 0 Å². The maximum atomic E-state index is 15.1. The average Bonchev–Trinajstić information content (AvgIpc) is 3.35. The summed E-state index contributed by atoms with van der Waals surface area (Å²) in [6.07, 6.45) is 0.333. The predicted octanol–water partition coefficient (Wildman–Crippen LogP) is 2.06. The number of aliphatic carboxylic acids is 1. The number of carbonyl (C=O) groups is 9. The van der Waals surface area contributed by atoms with Gasteiger partial charge in [0.05, 0.1) is 12.3 Å². The zero-order valence-corrected chi connectivity index (χ0v) is 43.7. The SMILES string of the molecule is CCCCCCCC(=O)N[C@H](CC(=O)O)C(=O)N[C@@H]1C(=O)N[C@H](CCCCC(=N)N)C(=O)N[C@@H]2CC[C@H](O)N(C2=O)[C@H](Cc2ccccc2)C(=O)N(C)[C@H](CCc2ccc(O)cc2)C(=O)N[C@@H](C(C)C)C(=O)O[C@H]1C. The first-order valence-electron chi connectivity index (χ1n) is 26.0. The highest BCUT2D eigenvalue weighted by Gasteiger charge is 2.46. The second-order valence-electron chi connectivity index (χ2n) is 19.8. The number of carboxylic acid groups (broad SMARTS) is 1. The molecule has 2 aromatic carbocycles. The number of nitrogens with zero attached hydrogens (tertiary/aromatic N) is 2. The average molecular weight is 1050 g/mol. The number of aromatic hydroxyl groups is 1. The van der Waals surface area contributed by atoms with Crippen molar-refractivity contribution in [3.63, 3.8) is 0 Å². The van der Waals surface area contributed by atoms with E-state index in [2.05, 4.69) is 26.6 Å². The van der Waals surface area contributed by atoms with Crippen LogP contribution in [0.15, 0.2) is 54.6 Å². The Kier molecular flexibility index (Phi) is 23.9. The van der Waals surface area contributed by atoms with Gasteiger partial charge in [-0.05, 0) is 81.0 Å². The third-order valence-corrected chi connectivity index (χ3v) is 13.5. The Morgan fingerprint density at radius 3 is 2.12 bits per heavy atom. The molecule has 0 radical (unpaired) electrons. The summed E-state index contributed by atoms with van der Waals surface area (Å²) in [5.74, 6) is -9.47. The van der Waals surface area contributed by atoms with Gasteiger partial charge in [-0.25, -0.2) is 4.79 Å². The number of rotatable bonds is 22. The normalized spacial score (nSPS) is 23.6. The number of carboxylic acids is 1. The number of piperidine rings is 1. The Labute approximate surface area is 438 Å². The van der Waals surface area contributed by atoms with Crippen molar-refractivity contribution in [3.05, 3.63) is 65.7 Å². The van der Waals surface area contributed by atoms with Gasteiger partial charge < -0.3 is 62.2 Å². The summed E-state index contributed by atoms with van der Waals surface area (Å²) in [6, 6.07) is 4.25. The van der Waals surface area contributed by atoms with E-state index < -0.39 is 120 Å². The van der Waals surface area contributed by atoms with Gasteiger partial charge >= 0.3 is 11.9 Å². The number of unbranched alkanes of at least 4 members (excludes halogenated alkanes) is 5. The van der Waals surface area contributed by atoms with Crippen molar-refractivity contribution in [3.8, 4) is 5.75 Å². The summed E-state index contributed by atoms with van der Waals surface area (Å²) in [5.41, 5.74) is 6.87. The van der Waals surface area contributed by atoms with Gasteiger partial charge in [0.1, 0.15) is 60.4 Å². The lowest BCUT2D eigenvalue weighted by atomic mass is 9.95. The zero-order valence-electron chi connectivity index (χ0n) is 43.7. The van der Waals surface area contributed by atoms with E-state index in [1.54, 1.807) is 56.3 Å². The third kappa shape index (κ3) is 18.7. The second-order valence-corrected chi connectivity index (χ2v) is 19.8. The number of aryl methyl sites for hydroxylation is 1. The molecule has 0 aliphatic carbocycles. The molecule has 4 rings (SSSR count). The second kappa shape index (κ2) is 29.7. The minimum Gasteiger partial charge on any atom is -0.508 e.